The van der Waals surface area contributed by atoms with E-state index in [9.17, 15) is 10.2 Å². The Morgan fingerprint density at radius 1 is 0.767 bits per heavy atom. The predicted octanol–water partition coefficient (Wildman–Crippen LogP) is 5.30. The lowest BCUT2D eigenvalue weighted by Gasteiger charge is -2.09. The standard InChI is InChI=1S/C25H25N3O2/c1-15-5-8-19(9-6-15)25(27-18(4)21-12-10-20(29)14-17(21)3)28-24(26)22-11-7-16(2)13-23(22)30/h5-14,26,29-30H,1-4H3/b26-24?,27-18+,28-25-. The smallest absolute Gasteiger partial charge is 0.161 e. The lowest BCUT2D eigenvalue weighted by Crippen LogP contribution is -2.08. The molecule has 0 unspecified atom stereocenters. The summed E-state index contributed by atoms with van der Waals surface area (Å²) in [5, 5.41) is 28.3. The van der Waals surface area contributed by atoms with Crippen molar-refractivity contribution in [2.24, 2.45) is 9.98 Å². The maximum Gasteiger partial charge on any atom is 0.161 e. The molecule has 0 heterocycles. The van der Waals surface area contributed by atoms with Crippen LogP contribution in [-0.2, 0) is 0 Å². The topological polar surface area (TPSA) is 89.0 Å². The number of phenols is 2. The van der Waals surface area contributed by atoms with Gasteiger partial charge in [0.2, 0.25) is 0 Å². The number of nitrogens with zero attached hydrogens (tertiary/aromatic N) is 2. The van der Waals surface area contributed by atoms with Crippen molar-refractivity contribution in [3.8, 4) is 11.5 Å². The molecule has 5 heteroatoms. The number of rotatable bonds is 3. The fourth-order valence-corrected chi connectivity index (χ4v) is 3.14. The molecule has 0 saturated heterocycles. The zero-order valence-corrected chi connectivity index (χ0v) is 17.6. The molecule has 0 saturated carbocycles. The molecule has 3 N–H and O–H groups in total. The van der Waals surface area contributed by atoms with Crippen LogP contribution in [0.1, 0.15) is 40.3 Å². The van der Waals surface area contributed by atoms with Gasteiger partial charge in [0.1, 0.15) is 11.5 Å². The van der Waals surface area contributed by atoms with Crippen molar-refractivity contribution in [3.63, 3.8) is 0 Å². The minimum absolute atomic E-state index is 0.0158. The molecule has 0 spiro atoms. The van der Waals surface area contributed by atoms with Crippen molar-refractivity contribution in [3.05, 3.63) is 94.0 Å². The van der Waals surface area contributed by atoms with E-state index in [1.54, 1.807) is 24.3 Å². The first-order valence-corrected chi connectivity index (χ1v) is 9.64. The van der Waals surface area contributed by atoms with E-state index in [0.717, 1.165) is 27.8 Å². The highest BCUT2D eigenvalue weighted by molar-refractivity contribution is 6.17. The maximum absolute atomic E-state index is 10.2. The molecule has 0 radical (unpaired) electrons. The molecular weight excluding hydrogens is 374 g/mol. The number of hydrogen-bond donors (Lipinski definition) is 3. The quantitative estimate of drug-likeness (QED) is 0.412. The largest absolute Gasteiger partial charge is 0.508 e. The fraction of sp³-hybridized carbons (Fsp3) is 0.160. The Morgan fingerprint density at radius 2 is 1.40 bits per heavy atom. The summed E-state index contributed by atoms with van der Waals surface area (Å²) in [4.78, 5) is 9.17. The molecule has 30 heavy (non-hydrogen) atoms. The summed E-state index contributed by atoms with van der Waals surface area (Å²) < 4.78 is 0. The Kier molecular flexibility index (Phi) is 6.11. The van der Waals surface area contributed by atoms with Crippen LogP contribution >= 0.6 is 0 Å². The third kappa shape index (κ3) is 4.81. The average molecular weight is 399 g/mol. The summed E-state index contributed by atoms with van der Waals surface area (Å²) in [7, 11) is 0. The molecule has 3 aromatic rings. The summed E-state index contributed by atoms with van der Waals surface area (Å²) in [6.07, 6.45) is 0. The minimum Gasteiger partial charge on any atom is -0.508 e. The zero-order chi connectivity index (χ0) is 21.8. The van der Waals surface area contributed by atoms with Crippen LogP contribution in [0.4, 0.5) is 0 Å². The van der Waals surface area contributed by atoms with E-state index in [2.05, 4.69) is 4.99 Å². The van der Waals surface area contributed by atoms with Crippen molar-refractivity contribution in [2.75, 3.05) is 0 Å². The van der Waals surface area contributed by atoms with Gasteiger partial charge in [-0.2, -0.15) is 0 Å². The second-order valence-corrected chi connectivity index (χ2v) is 7.37. The second kappa shape index (κ2) is 8.74. The first-order chi connectivity index (χ1) is 14.2. The third-order valence-corrected chi connectivity index (χ3v) is 4.81. The van der Waals surface area contributed by atoms with Gasteiger partial charge in [0.05, 0.1) is 5.56 Å². The molecule has 0 amide bonds. The highest BCUT2D eigenvalue weighted by Gasteiger charge is 2.11. The Hall–Kier alpha value is -3.73. The van der Waals surface area contributed by atoms with Gasteiger partial charge in [-0.3, -0.25) is 5.41 Å². The van der Waals surface area contributed by atoms with Crippen LogP contribution in [0.2, 0.25) is 0 Å². The van der Waals surface area contributed by atoms with E-state index in [0.29, 0.717) is 17.1 Å². The minimum atomic E-state index is -0.0675. The summed E-state index contributed by atoms with van der Waals surface area (Å²) in [5.41, 5.74) is 5.63. The van der Waals surface area contributed by atoms with Crippen molar-refractivity contribution >= 4 is 17.4 Å². The van der Waals surface area contributed by atoms with E-state index in [1.807, 2.05) is 64.1 Å². The molecule has 0 aromatic heterocycles. The monoisotopic (exact) mass is 399 g/mol. The van der Waals surface area contributed by atoms with Crippen LogP contribution in [-0.4, -0.2) is 27.6 Å². The average Bonchev–Trinajstić information content (AvgIpc) is 2.67. The summed E-state index contributed by atoms with van der Waals surface area (Å²) in [6, 6.07) is 18.0. The number of aryl methyl sites for hydroxylation is 3. The summed E-state index contributed by atoms with van der Waals surface area (Å²) in [6.45, 7) is 7.66. The van der Waals surface area contributed by atoms with E-state index >= 15 is 0 Å². The normalized spacial score (nSPS) is 12.1. The van der Waals surface area contributed by atoms with Gasteiger partial charge >= 0.3 is 0 Å². The fourth-order valence-electron chi connectivity index (χ4n) is 3.14. The number of aliphatic imine (C=N–C) groups is 2. The third-order valence-electron chi connectivity index (χ3n) is 4.81. The molecule has 3 aromatic carbocycles. The predicted molar refractivity (Wildman–Crippen MR) is 122 cm³/mol. The van der Waals surface area contributed by atoms with Crippen LogP contribution in [0, 0.1) is 26.2 Å². The van der Waals surface area contributed by atoms with E-state index in [4.69, 9.17) is 10.4 Å². The lowest BCUT2D eigenvalue weighted by atomic mass is 10.0. The van der Waals surface area contributed by atoms with Crippen molar-refractivity contribution in [1.82, 2.24) is 0 Å². The van der Waals surface area contributed by atoms with Gasteiger partial charge in [-0.1, -0.05) is 35.9 Å². The number of benzene rings is 3. The SMILES string of the molecule is C/C(=N\C(=N/C(=N)c1ccc(C)cc1O)c1ccc(C)cc1)c1ccc(O)cc1C. The number of amidine groups is 2. The van der Waals surface area contributed by atoms with E-state index in [-0.39, 0.29) is 17.3 Å². The Bertz CT molecular complexity index is 1160. The van der Waals surface area contributed by atoms with E-state index in [1.165, 1.54) is 0 Å². The molecular formula is C25H25N3O2. The second-order valence-electron chi connectivity index (χ2n) is 7.37. The molecule has 0 bridgehead atoms. The molecule has 152 valence electrons. The lowest BCUT2D eigenvalue weighted by molar-refractivity contribution is 0.473. The molecule has 0 fully saturated rings. The van der Waals surface area contributed by atoms with Crippen LogP contribution in [0.5, 0.6) is 11.5 Å². The molecule has 5 nitrogen and oxygen atoms in total. The number of phenolic OH excluding ortho intramolecular Hbond substituents is 2. The van der Waals surface area contributed by atoms with Crippen LogP contribution in [0.15, 0.2) is 70.6 Å². The molecule has 0 aliphatic carbocycles. The van der Waals surface area contributed by atoms with Gasteiger partial charge in [-0.25, -0.2) is 9.98 Å². The van der Waals surface area contributed by atoms with Gasteiger partial charge in [0, 0.05) is 11.3 Å². The summed E-state index contributed by atoms with van der Waals surface area (Å²) >= 11 is 0. The van der Waals surface area contributed by atoms with Crippen molar-refractivity contribution in [2.45, 2.75) is 27.7 Å². The van der Waals surface area contributed by atoms with Crippen LogP contribution < -0.4 is 0 Å². The maximum atomic E-state index is 10.2. The Balaban J connectivity index is 2.09. The first kappa shape index (κ1) is 21.0. The molecule has 0 atom stereocenters. The van der Waals surface area contributed by atoms with E-state index < -0.39 is 0 Å². The molecule has 0 aliphatic rings. The van der Waals surface area contributed by atoms with Gasteiger partial charge in [0.25, 0.3) is 0 Å². The number of nitrogens with one attached hydrogen (secondary N) is 1. The zero-order valence-electron chi connectivity index (χ0n) is 17.6. The highest BCUT2D eigenvalue weighted by Crippen LogP contribution is 2.21. The van der Waals surface area contributed by atoms with Crippen molar-refractivity contribution in [1.29, 1.82) is 5.41 Å². The van der Waals surface area contributed by atoms with Gasteiger partial charge in [-0.05, 0) is 74.7 Å². The van der Waals surface area contributed by atoms with Crippen molar-refractivity contribution < 1.29 is 10.2 Å². The number of aromatic hydroxyl groups is 2. The molecule has 0 aliphatic heterocycles. The Morgan fingerprint density at radius 3 is 2.03 bits per heavy atom. The van der Waals surface area contributed by atoms with Gasteiger partial charge in [0.15, 0.2) is 11.7 Å². The highest BCUT2D eigenvalue weighted by atomic mass is 16.3. The molecule has 3 rings (SSSR count). The Labute approximate surface area is 176 Å². The number of hydrogen-bond acceptors (Lipinski definition) is 3. The van der Waals surface area contributed by atoms with Crippen LogP contribution in [0.3, 0.4) is 0 Å². The van der Waals surface area contributed by atoms with Gasteiger partial charge in [-0.15, -0.1) is 0 Å². The van der Waals surface area contributed by atoms with Crippen LogP contribution in [0.25, 0.3) is 0 Å². The summed E-state index contributed by atoms with van der Waals surface area (Å²) in [5.74, 6) is 0.530. The van der Waals surface area contributed by atoms with Gasteiger partial charge < -0.3 is 10.2 Å². The first-order valence-electron chi connectivity index (χ1n) is 9.64.